The van der Waals surface area contributed by atoms with Crippen molar-refractivity contribution < 1.29 is 5.11 Å². The van der Waals surface area contributed by atoms with E-state index in [0.717, 1.165) is 11.4 Å². The van der Waals surface area contributed by atoms with E-state index in [1.807, 2.05) is 20.8 Å². The lowest BCUT2D eigenvalue weighted by atomic mass is 9.92. The topological polar surface area (TPSA) is 32.6 Å². The number of para-hydroxylation sites is 1. The molecule has 0 aromatic heterocycles. The van der Waals surface area contributed by atoms with Crippen LogP contribution in [0, 0.1) is 0 Å². The normalized spacial score (nSPS) is 13.4. The Balaban J connectivity index is 3.30. The number of aliphatic imine (C=N–C) groups is 1. The van der Waals surface area contributed by atoms with E-state index in [-0.39, 0.29) is 0 Å². The summed E-state index contributed by atoms with van der Waals surface area (Å²) in [6, 6.07) is 6.44. The molecule has 0 spiro atoms. The molecule has 2 heteroatoms. The summed E-state index contributed by atoms with van der Waals surface area (Å²) in [7, 11) is 0. The minimum absolute atomic E-state index is 0.447. The molecule has 1 aromatic carbocycles. The fourth-order valence-electron chi connectivity index (χ4n) is 2.50. The van der Waals surface area contributed by atoms with Crippen LogP contribution in [0.1, 0.15) is 77.8 Å². The Hall–Kier alpha value is -1.15. The first kappa shape index (κ1) is 16.9. The molecule has 0 aliphatic rings. The van der Waals surface area contributed by atoms with Crippen molar-refractivity contribution >= 4 is 11.4 Å². The van der Waals surface area contributed by atoms with Crippen molar-refractivity contribution in [1.29, 1.82) is 0 Å². The molecule has 0 saturated carbocycles. The van der Waals surface area contributed by atoms with E-state index >= 15 is 0 Å². The van der Waals surface area contributed by atoms with Crippen molar-refractivity contribution in [1.82, 2.24) is 0 Å². The highest BCUT2D eigenvalue weighted by atomic mass is 16.3. The number of rotatable bonds is 5. The Kier molecular flexibility index (Phi) is 5.52. The van der Waals surface area contributed by atoms with Crippen LogP contribution in [-0.4, -0.2) is 16.4 Å². The largest absolute Gasteiger partial charge is 0.390 e. The number of benzene rings is 1. The summed E-state index contributed by atoms with van der Waals surface area (Å²) in [5.74, 6) is 0.893. The molecule has 20 heavy (non-hydrogen) atoms. The van der Waals surface area contributed by atoms with Crippen LogP contribution >= 0.6 is 0 Å². The molecular formula is C18H29NO. The molecule has 0 aliphatic heterocycles. The van der Waals surface area contributed by atoms with E-state index in [1.54, 1.807) is 0 Å². The molecule has 0 bridgehead atoms. The van der Waals surface area contributed by atoms with Gasteiger partial charge in [0.1, 0.15) is 0 Å². The van der Waals surface area contributed by atoms with Crippen LogP contribution in [0.3, 0.4) is 0 Å². The van der Waals surface area contributed by atoms with Crippen molar-refractivity contribution in [2.24, 2.45) is 4.99 Å². The average Bonchev–Trinajstić information content (AvgIpc) is 2.25. The van der Waals surface area contributed by atoms with Crippen LogP contribution < -0.4 is 0 Å². The van der Waals surface area contributed by atoms with Crippen LogP contribution in [0.4, 0.5) is 5.69 Å². The van der Waals surface area contributed by atoms with E-state index < -0.39 is 5.60 Å². The van der Waals surface area contributed by atoms with Gasteiger partial charge >= 0.3 is 0 Å². The van der Waals surface area contributed by atoms with Crippen LogP contribution in [0.2, 0.25) is 0 Å². The van der Waals surface area contributed by atoms with Gasteiger partial charge in [0.25, 0.3) is 0 Å². The predicted octanol–water partition coefficient (Wildman–Crippen LogP) is 5.19. The molecular weight excluding hydrogens is 246 g/mol. The van der Waals surface area contributed by atoms with Crippen LogP contribution in [0.25, 0.3) is 0 Å². The quantitative estimate of drug-likeness (QED) is 0.737. The maximum Gasteiger partial charge on any atom is 0.0698 e. The van der Waals surface area contributed by atoms with Gasteiger partial charge in [0.2, 0.25) is 0 Å². The number of hydrogen-bond donors (Lipinski definition) is 1. The smallest absolute Gasteiger partial charge is 0.0698 e. The summed E-state index contributed by atoms with van der Waals surface area (Å²) in [5, 5.41) is 9.94. The summed E-state index contributed by atoms with van der Waals surface area (Å²) < 4.78 is 0. The van der Waals surface area contributed by atoms with Crippen LogP contribution in [0.5, 0.6) is 0 Å². The molecule has 0 heterocycles. The fraction of sp³-hybridized carbons (Fsp3) is 0.611. The highest BCUT2D eigenvalue weighted by molar-refractivity contribution is 5.86. The van der Waals surface area contributed by atoms with Gasteiger partial charge in [-0.05, 0) is 43.7 Å². The van der Waals surface area contributed by atoms with Gasteiger partial charge in [0.15, 0.2) is 0 Å². The van der Waals surface area contributed by atoms with Gasteiger partial charge in [0, 0.05) is 12.1 Å². The third-order valence-corrected chi connectivity index (χ3v) is 3.33. The lowest BCUT2D eigenvalue weighted by Crippen LogP contribution is -2.21. The molecule has 0 aliphatic carbocycles. The summed E-state index contributed by atoms with van der Waals surface area (Å²) >= 11 is 0. The Morgan fingerprint density at radius 1 is 1.10 bits per heavy atom. The summed E-state index contributed by atoms with van der Waals surface area (Å²) in [6.45, 7) is 14.4. The van der Waals surface area contributed by atoms with E-state index in [0.29, 0.717) is 18.3 Å². The Bertz CT molecular complexity index is 452. The van der Waals surface area contributed by atoms with Crippen molar-refractivity contribution in [2.75, 3.05) is 0 Å². The molecule has 0 radical (unpaired) electrons. The lowest BCUT2D eigenvalue weighted by Gasteiger charge is -2.19. The third-order valence-electron chi connectivity index (χ3n) is 3.33. The molecule has 1 rings (SSSR count). The first-order valence-corrected chi connectivity index (χ1v) is 7.51. The van der Waals surface area contributed by atoms with Crippen molar-refractivity contribution in [3.63, 3.8) is 0 Å². The molecule has 112 valence electrons. The van der Waals surface area contributed by atoms with Gasteiger partial charge in [-0.1, -0.05) is 45.9 Å². The minimum atomic E-state index is -0.710. The minimum Gasteiger partial charge on any atom is -0.390 e. The lowest BCUT2D eigenvalue weighted by molar-refractivity contribution is 0.0885. The molecule has 0 atom stereocenters. The Labute approximate surface area is 124 Å². The maximum absolute atomic E-state index is 9.94. The van der Waals surface area contributed by atoms with E-state index in [2.05, 4.69) is 45.9 Å². The monoisotopic (exact) mass is 275 g/mol. The van der Waals surface area contributed by atoms with Gasteiger partial charge in [-0.15, -0.1) is 0 Å². The van der Waals surface area contributed by atoms with Gasteiger partial charge < -0.3 is 5.11 Å². The molecule has 2 nitrogen and oxygen atoms in total. The predicted molar refractivity (Wildman–Crippen MR) is 88.3 cm³/mol. The second-order valence-electron chi connectivity index (χ2n) is 6.93. The molecule has 0 fully saturated rings. The zero-order valence-corrected chi connectivity index (χ0v) is 14.0. The zero-order chi connectivity index (χ0) is 15.5. The highest BCUT2D eigenvalue weighted by Crippen LogP contribution is 2.35. The van der Waals surface area contributed by atoms with Crippen LogP contribution in [0.15, 0.2) is 23.2 Å². The standard InChI is InChI=1S/C18H29NO/c1-12(2)15-9-8-10-16(13(3)4)17(15)19-14(5)11-18(6,7)20/h8-10,12-13,20H,11H2,1-7H3. The van der Waals surface area contributed by atoms with Crippen molar-refractivity contribution in [2.45, 2.75) is 72.3 Å². The third kappa shape index (κ3) is 4.75. The Morgan fingerprint density at radius 2 is 1.55 bits per heavy atom. The van der Waals surface area contributed by atoms with Crippen LogP contribution in [-0.2, 0) is 0 Å². The summed E-state index contributed by atoms with van der Waals surface area (Å²) in [6.07, 6.45) is 0.594. The summed E-state index contributed by atoms with van der Waals surface area (Å²) in [5.41, 5.74) is 3.93. The molecule has 0 unspecified atom stereocenters. The maximum atomic E-state index is 9.94. The number of hydrogen-bond acceptors (Lipinski definition) is 2. The molecule has 0 saturated heterocycles. The van der Waals surface area contributed by atoms with E-state index in [1.165, 1.54) is 11.1 Å². The Morgan fingerprint density at radius 3 is 1.90 bits per heavy atom. The zero-order valence-electron chi connectivity index (χ0n) is 14.0. The highest BCUT2D eigenvalue weighted by Gasteiger charge is 2.17. The SMILES string of the molecule is CC(CC(C)(C)O)=Nc1c(C(C)C)cccc1C(C)C. The van der Waals surface area contributed by atoms with Crippen molar-refractivity contribution in [3.8, 4) is 0 Å². The second-order valence-corrected chi connectivity index (χ2v) is 6.93. The van der Waals surface area contributed by atoms with E-state index in [4.69, 9.17) is 4.99 Å². The molecule has 0 amide bonds. The number of aliphatic hydroxyl groups is 1. The van der Waals surface area contributed by atoms with E-state index in [9.17, 15) is 5.11 Å². The second kappa shape index (κ2) is 6.53. The number of nitrogens with zero attached hydrogens (tertiary/aromatic N) is 1. The first-order chi connectivity index (χ1) is 9.11. The molecule has 1 aromatic rings. The van der Waals surface area contributed by atoms with Gasteiger partial charge in [-0.25, -0.2) is 0 Å². The summed E-state index contributed by atoms with van der Waals surface area (Å²) in [4.78, 5) is 4.84. The van der Waals surface area contributed by atoms with Gasteiger partial charge in [0.05, 0.1) is 11.3 Å². The molecule has 1 N–H and O–H groups in total. The fourth-order valence-corrected chi connectivity index (χ4v) is 2.50. The van der Waals surface area contributed by atoms with Gasteiger partial charge in [-0.3, -0.25) is 4.99 Å². The first-order valence-electron chi connectivity index (χ1n) is 7.51. The van der Waals surface area contributed by atoms with Crippen molar-refractivity contribution in [3.05, 3.63) is 29.3 Å². The van der Waals surface area contributed by atoms with Gasteiger partial charge in [-0.2, -0.15) is 0 Å². The average molecular weight is 275 g/mol.